The molecule has 0 saturated carbocycles. The van der Waals surface area contributed by atoms with Crippen LogP contribution in [0.2, 0.25) is 0 Å². The number of hydrogen-bond donors (Lipinski definition) is 0. The van der Waals surface area contributed by atoms with Gasteiger partial charge in [-0.15, -0.1) is 10.2 Å². The molecule has 122 valence electrons. The maximum absolute atomic E-state index is 11.0. The number of nitrogens with zero attached hydrogens (tertiary/aromatic N) is 4. The fourth-order valence-electron chi connectivity index (χ4n) is 2.06. The first-order valence-electron chi connectivity index (χ1n) is 7.21. The van der Waals surface area contributed by atoms with Gasteiger partial charge in [0.1, 0.15) is 6.20 Å². The molecule has 0 N–H and O–H groups in total. The Balaban J connectivity index is 1.80. The second kappa shape index (κ2) is 6.45. The van der Waals surface area contributed by atoms with E-state index in [0.717, 1.165) is 11.1 Å². The van der Waals surface area contributed by atoms with Crippen molar-refractivity contribution in [2.24, 2.45) is 0 Å². The second-order valence-electron chi connectivity index (χ2n) is 5.15. The summed E-state index contributed by atoms with van der Waals surface area (Å²) < 4.78 is 11.2. The van der Waals surface area contributed by atoms with Gasteiger partial charge in [-0.1, -0.05) is 17.7 Å². The van der Waals surface area contributed by atoms with Crippen molar-refractivity contribution in [3.63, 3.8) is 0 Å². The molecule has 0 fully saturated rings. The Hall–Kier alpha value is -3.29. The molecular formula is C16H14N4O4. The summed E-state index contributed by atoms with van der Waals surface area (Å²) >= 11 is 0. The van der Waals surface area contributed by atoms with Crippen LogP contribution in [0.3, 0.4) is 0 Å². The summed E-state index contributed by atoms with van der Waals surface area (Å²) in [5.74, 6) is 0.276. The number of hydrogen-bond acceptors (Lipinski definition) is 7. The Kier molecular flexibility index (Phi) is 4.19. The normalized spacial score (nSPS) is 11.9. The zero-order valence-electron chi connectivity index (χ0n) is 13.0. The molecule has 2 aromatic heterocycles. The first-order valence-corrected chi connectivity index (χ1v) is 7.21. The molecule has 8 nitrogen and oxygen atoms in total. The highest BCUT2D eigenvalue weighted by Crippen LogP contribution is 2.29. The van der Waals surface area contributed by atoms with Crippen molar-refractivity contribution in [3.05, 3.63) is 64.2 Å². The average Bonchev–Trinajstić information content (AvgIpc) is 3.06. The fraction of sp³-hybridized carbons (Fsp3) is 0.188. The van der Waals surface area contributed by atoms with Crippen LogP contribution in [0.4, 0.5) is 5.82 Å². The van der Waals surface area contributed by atoms with Crippen LogP contribution in [0.25, 0.3) is 11.5 Å². The van der Waals surface area contributed by atoms with Gasteiger partial charge < -0.3 is 19.3 Å². The predicted octanol–water partition coefficient (Wildman–Crippen LogP) is 3.49. The van der Waals surface area contributed by atoms with E-state index >= 15 is 0 Å². The van der Waals surface area contributed by atoms with Crippen LogP contribution in [0.15, 0.2) is 47.0 Å². The third kappa shape index (κ3) is 3.22. The second-order valence-corrected chi connectivity index (χ2v) is 5.15. The number of rotatable bonds is 5. The van der Waals surface area contributed by atoms with E-state index in [0.29, 0.717) is 5.89 Å². The number of nitro groups is 1. The fourth-order valence-corrected chi connectivity index (χ4v) is 2.06. The van der Waals surface area contributed by atoms with Crippen LogP contribution in [-0.2, 0) is 0 Å². The van der Waals surface area contributed by atoms with Crippen LogP contribution in [-0.4, -0.2) is 20.1 Å². The van der Waals surface area contributed by atoms with Gasteiger partial charge in [0.05, 0.1) is 0 Å². The third-order valence-corrected chi connectivity index (χ3v) is 3.31. The molecule has 8 heteroatoms. The lowest BCUT2D eigenvalue weighted by Crippen LogP contribution is -2.06. The van der Waals surface area contributed by atoms with Gasteiger partial charge in [0.2, 0.25) is 11.6 Å². The average molecular weight is 326 g/mol. The number of ether oxygens (including phenoxy) is 1. The summed E-state index contributed by atoms with van der Waals surface area (Å²) in [6.45, 7) is 3.66. The van der Waals surface area contributed by atoms with E-state index in [1.165, 1.54) is 12.3 Å². The molecule has 0 radical (unpaired) electrons. The largest absolute Gasteiger partial charge is 0.473 e. The van der Waals surface area contributed by atoms with Gasteiger partial charge in [0.25, 0.3) is 5.89 Å². The highest BCUT2D eigenvalue weighted by molar-refractivity contribution is 5.52. The first-order chi connectivity index (χ1) is 11.5. The third-order valence-electron chi connectivity index (χ3n) is 3.31. The van der Waals surface area contributed by atoms with E-state index in [1.54, 1.807) is 13.0 Å². The van der Waals surface area contributed by atoms with Gasteiger partial charge in [0, 0.05) is 5.56 Å². The lowest BCUT2D eigenvalue weighted by molar-refractivity contribution is -0.390. The van der Waals surface area contributed by atoms with Crippen molar-refractivity contribution in [2.75, 3.05) is 0 Å². The lowest BCUT2D eigenvalue weighted by atomic mass is 10.1. The van der Waals surface area contributed by atoms with Gasteiger partial charge in [-0.05, 0) is 48.0 Å². The van der Waals surface area contributed by atoms with Crippen molar-refractivity contribution in [3.8, 4) is 17.2 Å². The van der Waals surface area contributed by atoms with E-state index in [1.807, 2.05) is 31.2 Å². The molecule has 2 heterocycles. The molecule has 0 spiro atoms. The van der Waals surface area contributed by atoms with E-state index in [-0.39, 0.29) is 17.5 Å². The van der Waals surface area contributed by atoms with E-state index in [2.05, 4.69) is 15.2 Å². The van der Waals surface area contributed by atoms with Crippen molar-refractivity contribution >= 4 is 5.82 Å². The summed E-state index contributed by atoms with van der Waals surface area (Å²) in [5, 5.41) is 18.9. The maximum Gasteiger partial charge on any atom is 0.406 e. The minimum atomic E-state index is -0.653. The molecule has 0 aliphatic carbocycles. The summed E-state index contributed by atoms with van der Waals surface area (Å²) in [4.78, 5) is 14.1. The highest BCUT2D eigenvalue weighted by atomic mass is 16.6. The molecule has 1 aromatic carbocycles. The number of pyridine rings is 1. The standard InChI is InChI=1S/C16H14N4O4/c1-10-5-7-12(8-6-10)16-19-18-15(24-16)11(2)23-13-4-3-9-17-14(13)20(21)22/h3-9,11H,1-2H3/t11-/m0/s1. The topological polar surface area (TPSA) is 104 Å². The minimum Gasteiger partial charge on any atom is -0.473 e. The number of benzene rings is 1. The Morgan fingerprint density at radius 2 is 1.96 bits per heavy atom. The molecule has 24 heavy (non-hydrogen) atoms. The minimum absolute atomic E-state index is 0.0464. The molecule has 0 unspecified atom stereocenters. The monoisotopic (exact) mass is 326 g/mol. The Morgan fingerprint density at radius 3 is 2.67 bits per heavy atom. The summed E-state index contributed by atoms with van der Waals surface area (Å²) in [5.41, 5.74) is 1.91. The predicted molar refractivity (Wildman–Crippen MR) is 84.4 cm³/mol. The van der Waals surface area contributed by atoms with Crippen LogP contribution in [0, 0.1) is 17.0 Å². The molecule has 3 rings (SSSR count). The van der Waals surface area contributed by atoms with Crippen molar-refractivity contribution < 1.29 is 14.1 Å². The van der Waals surface area contributed by atoms with Crippen molar-refractivity contribution in [1.29, 1.82) is 0 Å². The molecule has 0 bridgehead atoms. The molecular weight excluding hydrogens is 312 g/mol. The quantitative estimate of drug-likeness (QED) is 0.522. The Labute approximate surface area is 137 Å². The zero-order chi connectivity index (χ0) is 17.1. The lowest BCUT2D eigenvalue weighted by Gasteiger charge is -2.10. The Bertz CT molecular complexity index is 861. The summed E-state index contributed by atoms with van der Waals surface area (Å²) in [7, 11) is 0. The van der Waals surface area contributed by atoms with Crippen LogP contribution >= 0.6 is 0 Å². The van der Waals surface area contributed by atoms with Crippen LogP contribution < -0.4 is 4.74 Å². The molecule has 1 atom stereocenters. The molecule has 0 aliphatic rings. The molecule has 0 aliphatic heterocycles. The smallest absolute Gasteiger partial charge is 0.406 e. The van der Waals surface area contributed by atoms with Gasteiger partial charge in [-0.2, -0.15) is 0 Å². The number of aryl methyl sites for hydroxylation is 1. The van der Waals surface area contributed by atoms with E-state index in [4.69, 9.17) is 9.15 Å². The highest BCUT2D eigenvalue weighted by Gasteiger charge is 2.22. The van der Waals surface area contributed by atoms with Gasteiger partial charge >= 0.3 is 5.82 Å². The van der Waals surface area contributed by atoms with Gasteiger partial charge in [-0.3, -0.25) is 0 Å². The summed E-state index contributed by atoms with van der Waals surface area (Å²) in [6, 6.07) is 10.7. The molecule has 0 saturated heterocycles. The summed E-state index contributed by atoms with van der Waals surface area (Å²) in [6.07, 6.45) is 0.678. The van der Waals surface area contributed by atoms with Crippen LogP contribution in [0.5, 0.6) is 5.75 Å². The SMILES string of the molecule is Cc1ccc(-c2nnc([C@H](C)Oc3cccnc3[N+](=O)[O-])o2)cc1. The van der Waals surface area contributed by atoms with Gasteiger partial charge in [-0.25, -0.2) is 0 Å². The Morgan fingerprint density at radius 1 is 1.21 bits per heavy atom. The van der Waals surface area contributed by atoms with E-state index in [9.17, 15) is 10.1 Å². The molecule has 3 aromatic rings. The maximum atomic E-state index is 11.0. The number of aromatic nitrogens is 3. The van der Waals surface area contributed by atoms with Crippen LogP contribution in [0.1, 0.15) is 24.5 Å². The zero-order valence-corrected chi connectivity index (χ0v) is 13.0. The van der Waals surface area contributed by atoms with Crippen molar-refractivity contribution in [2.45, 2.75) is 20.0 Å². The van der Waals surface area contributed by atoms with E-state index < -0.39 is 11.0 Å². The van der Waals surface area contributed by atoms with Gasteiger partial charge in [0.15, 0.2) is 6.10 Å². The molecule has 0 amide bonds. The first kappa shape index (κ1) is 15.6. The van der Waals surface area contributed by atoms with Crippen molar-refractivity contribution in [1.82, 2.24) is 15.2 Å².